The van der Waals surface area contributed by atoms with Crippen LogP contribution < -0.4 is 0 Å². The highest BCUT2D eigenvalue weighted by atomic mass is 16.5. The van der Waals surface area contributed by atoms with Gasteiger partial charge in [-0.3, -0.25) is 4.79 Å². The first-order chi connectivity index (χ1) is 4.52. The third kappa shape index (κ3) is 5.56. The maximum absolute atomic E-state index is 10.7. The van der Waals surface area contributed by atoms with E-state index in [2.05, 4.69) is 0 Å². The molecule has 0 aromatic carbocycles. The summed E-state index contributed by atoms with van der Waals surface area (Å²) in [5, 5.41) is 8.73. The van der Waals surface area contributed by atoms with Crippen LogP contribution in [0.15, 0.2) is 0 Å². The van der Waals surface area contributed by atoms with Gasteiger partial charge in [0.25, 0.3) is 0 Å². The molecule has 0 saturated carbocycles. The van der Waals surface area contributed by atoms with Crippen molar-refractivity contribution in [3.8, 4) is 0 Å². The van der Waals surface area contributed by atoms with Gasteiger partial charge in [0.05, 0.1) is 18.6 Å². The third-order valence-electron chi connectivity index (χ3n) is 0.829. The van der Waals surface area contributed by atoms with Gasteiger partial charge < -0.3 is 9.84 Å². The molecule has 0 radical (unpaired) electrons. The van der Waals surface area contributed by atoms with E-state index in [9.17, 15) is 4.79 Å². The second-order valence-electron chi connectivity index (χ2n) is 2.59. The topological polar surface area (TPSA) is 46.5 Å². The molecule has 0 saturated heterocycles. The number of hydrogen-bond donors (Lipinski definition) is 1. The van der Waals surface area contributed by atoms with Gasteiger partial charge in [-0.15, -0.1) is 0 Å². The van der Waals surface area contributed by atoms with Gasteiger partial charge in [-0.25, -0.2) is 0 Å². The van der Waals surface area contributed by atoms with Gasteiger partial charge in [-0.05, 0) is 20.8 Å². The lowest BCUT2D eigenvalue weighted by atomic mass is 10.3. The lowest BCUT2D eigenvalue weighted by Gasteiger charge is -2.08. The summed E-state index contributed by atoms with van der Waals surface area (Å²) in [4.78, 5) is 10.7. The van der Waals surface area contributed by atoms with E-state index in [-0.39, 0.29) is 18.5 Å². The molecule has 0 spiro atoms. The Morgan fingerprint density at radius 3 is 2.30 bits per heavy atom. The van der Waals surface area contributed by atoms with Crippen molar-refractivity contribution in [2.45, 2.75) is 39.4 Å². The lowest BCUT2D eigenvalue weighted by Crippen LogP contribution is -2.16. The molecule has 0 bridgehead atoms. The minimum absolute atomic E-state index is 0.0815. The number of aliphatic hydroxyl groups is 1. The Morgan fingerprint density at radius 2 is 2.00 bits per heavy atom. The van der Waals surface area contributed by atoms with Crippen molar-refractivity contribution in [2.24, 2.45) is 0 Å². The zero-order valence-electron chi connectivity index (χ0n) is 6.63. The fourth-order valence-electron chi connectivity index (χ4n) is 0.552. The average molecular weight is 146 g/mol. The Balaban J connectivity index is 3.44. The van der Waals surface area contributed by atoms with Gasteiger partial charge in [-0.1, -0.05) is 0 Å². The minimum atomic E-state index is -0.605. The summed E-state index contributed by atoms with van der Waals surface area (Å²) in [7, 11) is 0. The Kier molecular flexibility index (Phi) is 4.03. The SMILES string of the molecule is CC(C)OC(=O)C[C@@H](C)O. The van der Waals surface area contributed by atoms with Crippen LogP contribution in [0.1, 0.15) is 27.2 Å². The van der Waals surface area contributed by atoms with E-state index in [1.807, 2.05) is 0 Å². The van der Waals surface area contributed by atoms with Crippen molar-refractivity contribution in [2.75, 3.05) is 0 Å². The van der Waals surface area contributed by atoms with E-state index in [0.29, 0.717) is 0 Å². The molecule has 0 aromatic heterocycles. The fraction of sp³-hybridized carbons (Fsp3) is 0.857. The van der Waals surface area contributed by atoms with E-state index in [1.165, 1.54) is 0 Å². The number of hydrogen-bond acceptors (Lipinski definition) is 3. The second kappa shape index (κ2) is 4.28. The first-order valence-electron chi connectivity index (χ1n) is 3.40. The van der Waals surface area contributed by atoms with Crippen molar-refractivity contribution in [1.82, 2.24) is 0 Å². The predicted octanol–water partition coefficient (Wildman–Crippen LogP) is 0.709. The van der Waals surface area contributed by atoms with Crippen LogP contribution in [0.3, 0.4) is 0 Å². The highest BCUT2D eigenvalue weighted by Crippen LogP contribution is 1.96. The quantitative estimate of drug-likeness (QED) is 0.596. The summed E-state index contributed by atoms with van der Waals surface area (Å²) >= 11 is 0. The molecule has 3 heteroatoms. The average Bonchev–Trinajstić information content (AvgIpc) is 1.58. The molecule has 3 nitrogen and oxygen atoms in total. The maximum atomic E-state index is 10.7. The summed E-state index contributed by atoms with van der Waals surface area (Å²) < 4.78 is 4.76. The molecular weight excluding hydrogens is 132 g/mol. The van der Waals surface area contributed by atoms with Crippen LogP contribution in [-0.4, -0.2) is 23.3 Å². The van der Waals surface area contributed by atoms with Crippen LogP contribution in [0.5, 0.6) is 0 Å². The molecule has 0 aliphatic heterocycles. The van der Waals surface area contributed by atoms with Crippen LogP contribution in [-0.2, 0) is 9.53 Å². The van der Waals surface area contributed by atoms with Crippen LogP contribution >= 0.6 is 0 Å². The highest BCUT2D eigenvalue weighted by Gasteiger charge is 2.07. The molecule has 0 fully saturated rings. The predicted molar refractivity (Wildman–Crippen MR) is 37.5 cm³/mol. The molecule has 0 unspecified atom stereocenters. The summed E-state index contributed by atoms with van der Waals surface area (Å²) in [6.07, 6.45) is -0.615. The normalized spacial score (nSPS) is 13.3. The van der Waals surface area contributed by atoms with E-state index in [4.69, 9.17) is 9.84 Å². The number of carbonyl (C=O) groups is 1. The van der Waals surface area contributed by atoms with Crippen molar-refractivity contribution in [3.05, 3.63) is 0 Å². The zero-order chi connectivity index (χ0) is 8.15. The van der Waals surface area contributed by atoms with Gasteiger partial charge in [0.2, 0.25) is 0 Å². The fourth-order valence-corrected chi connectivity index (χ4v) is 0.552. The molecule has 0 aromatic rings. The minimum Gasteiger partial charge on any atom is -0.463 e. The van der Waals surface area contributed by atoms with E-state index in [1.54, 1.807) is 20.8 Å². The van der Waals surface area contributed by atoms with Crippen molar-refractivity contribution in [3.63, 3.8) is 0 Å². The van der Waals surface area contributed by atoms with Gasteiger partial charge in [-0.2, -0.15) is 0 Å². The van der Waals surface area contributed by atoms with Crippen LogP contribution in [0.25, 0.3) is 0 Å². The second-order valence-corrected chi connectivity index (χ2v) is 2.59. The zero-order valence-corrected chi connectivity index (χ0v) is 6.63. The highest BCUT2D eigenvalue weighted by molar-refractivity contribution is 5.69. The standard InChI is InChI=1S/C7H14O3/c1-5(2)10-7(9)4-6(3)8/h5-6,8H,4H2,1-3H3/t6-/m1/s1. The molecular formula is C7H14O3. The number of esters is 1. The molecule has 0 amide bonds. The third-order valence-corrected chi connectivity index (χ3v) is 0.829. The molecule has 0 heterocycles. The molecule has 0 aliphatic carbocycles. The van der Waals surface area contributed by atoms with E-state index < -0.39 is 6.10 Å². The summed E-state index contributed by atoms with van der Waals surface area (Å²) in [6, 6.07) is 0. The smallest absolute Gasteiger partial charge is 0.308 e. The number of aliphatic hydroxyl groups excluding tert-OH is 1. The Hall–Kier alpha value is -0.570. The van der Waals surface area contributed by atoms with Crippen LogP contribution in [0.4, 0.5) is 0 Å². The van der Waals surface area contributed by atoms with E-state index in [0.717, 1.165) is 0 Å². The first-order valence-corrected chi connectivity index (χ1v) is 3.40. The van der Waals surface area contributed by atoms with Crippen LogP contribution in [0.2, 0.25) is 0 Å². The Bertz CT molecular complexity index is 95.4. The molecule has 0 aliphatic rings. The monoisotopic (exact) mass is 146 g/mol. The Morgan fingerprint density at radius 1 is 1.50 bits per heavy atom. The Labute approximate surface area is 61.0 Å². The number of rotatable bonds is 3. The molecule has 0 rings (SSSR count). The lowest BCUT2D eigenvalue weighted by molar-refractivity contribution is -0.149. The van der Waals surface area contributed by atoms with Crippen molar-refractivity contribution < 1.29 is 14.6 Å². The first kappa shape index (κ1) is 9.43. The van der Waals surface area contributed by atoms with Gasteiger partial charge >= 0.3 is 5.97 Å². The van der Waals surface area contributed by atoms with Gasteiger partial charge in [0.15, 0.2) is 0 Å². The van der Waals surface area contributed by atoms with Crippen molar-refractivity contribution >= 4 is 5.97 Å². The van der Waals surface area contributed by atoms with E-state index >= 15 is 0 Å². The van der Waals surface area contributed by atoms with Gasteiger partial charge in [0, 0.05) is 0 Å². The summed E-state index contributed by atoms with van der Waals surface area (Å²) in [6.45, 7) is 5.11. The number of ether oxygens (including phenoxy) is 1. The number of carbonyl (C=O) groups excluding carboxylic acids is 1. The molecule has 10 heavy (non-hydrogen) atoms. The van der Waals surface area contributed by atoms with Crippen LogP contribution in [0, 0.1) is 0 Å². The van der Waals surface area contributed by atoms with Gasteiger partial charge in [0.1, 0.15) is 0 Å². The molecule has 1 N–H and O–H groups in total. The molecule has 1 atom stereocenters. The largest absolute Gasteiger partial charge is 0.463 e. The maximum Gasteiger partial charge on any atom is 0.308 e. The summed E-state index contributed by atoms with van der Waals surface area (Å²) in [5.41, 5.74) is 0. The summed E-state index contributed by atoms with van der Waals surface area (Å²) in [5.74, 6) is -0.343. The molecule has 60 valence electrons. The van der Waals surface area contributed by atoms with Crippen molar-refractivity contribution in [1.29, 1.82) is 0 Å².